The number of unbranched alkanes of at least 4 members (excludes halogenated alkanes) is 55. The molecule has 0 heterocycles. The van der Waals surface area contributed by atoms with E-state index in [1.165, 1.54) is 340 Å². The van der Waals surface area contributed by atoms with Crippen LogP contribution in [0, 0.1) is 0 Å². The number of carbonyl (C=O) groups excluding carboxylic acids is 2. The molecule has 0 aliphatic rings. The molecule has 0 saturated carbocycles. The van der Waals surface area contributed by atoms with Crippen LogP contribution in [0.4, 0.5) is 0 Å². The van der Waals surface area contributed by atoms with Crippen LogP contribution in [-0.4, -0.2) is 47.4 Å². The Labute approximate surface area is 513 Å². The molecule has 484 valence electrons. The second-order valence-corrected chi connectivity index (χ2v) is 25.6. The molecular weight excluding hydrogens is 1010 g/mol. The maximum absolute atomic E-state index is 12.5. The molecule has 0 fully saturated rings. The van der Waals surface area contributed by atoms with Crippen molar-refractivity contribution in [1.82, 2.24) is 5.32 Å². The molecule has 0 aromatic rings. The quantitative estimate of drug-likeness (QED) is 0.0320. The number of allylic oxidation sites excluding steroid dienone is 5. The third kappa shape index (κ3) is 67.2. The van der Waals surface area contributed by atoms with E-state index in [4.69, 9.17) is 4.74 Å². The Balaban J connectivity index is 3.36. The summed E-state index contributed by atoms with van der Waals surface area (Å²) in [4.78, 5) is 24.6. The van der Waals surface area contributed by atoms with Crippen molar-refractivity contribution in [3.05, 3.63) is 36.5 Å². The van der Waals surface area contributed by atoms with E-state index in [2.05, 4.69) is 43.5 Å². The summed E-state index contributed by atoms with van der Waals surface area (Å²) in [5.74, 6) is -0.0508. The first kappa shape index (κ1) is 80.1. The molecule has 1 amide bonds. The fourth-order valence-electron chi connectivity index (χ4n) is 11.7. The van der Waals surface area contributed by atoms with Crippen LogP contribution in [0.2, 0.25) is 0 Å². The topological polar surface area (TPSA) is 95.9 Å². The lowest BCUT2D eigenvalue weighted by Crippen LogP contribution is -2.45. The minimum atomic E-state index is -0.843. The van der Waals surface area contributed by atoms with Crippen LogP contribution in [0.3, 0.4) is 0 Å². The minimum Gasteiger partial charge on any atom is -0.466 e. The predicted molar refractivity (Wildman–Crippen MR) is 361 cm³/mol. The maximum atomic E-state index is 12.5. The fraction of sp³-hybridized carbons (Fsp3) is 0.895. The van der Waals surface area contributed by atoms with Gasteiger partial charge < -0.3 is 20.3 Å². The molecule has 82 heavy (non-hydrogen) atoms. The van der Waals surface area contributed by atoms with E-state index in [0.717, 1.165) is 44.9 Å². The molecule has 0 bridgehead atoms. The second-order valence-electron chi connectivity index (χ2n) is 25.6. The first-order valence-corrected chi connectivity index (χ1v) is 37.3. The normalized spacial score (nSPS) is 12.7. The molecule has 3 N–H and O–H groups in total. The Bertz CT molecular complexity index is 1330. The second kappa shape index (κ2) is 71.6. The number of amides is 1. The molecule has 0 radical (unpaired) electrons. The molecule has 0 rings (SSSR count). The van der Waals surface area contributed by atoms with Crippen molar-refractivity contribution in [2.24, 2.45) is 0 Å². The number of esters is 1. The van der Waals surface area contributed by atoms with Crippen molar-refractivity contribution in [2.75, 3.05) is 13.2 Å². The van der Waals surface area contributed by atoms with Crippen LogP contribution < -0.4 is 5.32 Å². The lowest BCUT2D eigenvalue weighted by molar-refractivity contribution is -0.143. The molecule has 0 aliphatic heterocycles. The molecule has 6 heteroatoms. The number of nitrogens with one attached hydrogen (secondary N) is 1. The third-order valence-electron chi connectivity index (χ3n) is 17.4. The summed E-state index contributed by atoms with van der Waals surface area (Å²) in [5, 5.41) is 23.2. The zero-order chi connectivity index (χ0) is 59.2. The number of hydrogen-bond acceptors (Lipinski definition) is 5. The largest absolute Gasteiger partial charge is 0.466 e. The Morgan fingerprint density at radius 1 is 0.329 bits per heavy atom. The molecule has 0 aliphatic carbocycles. The summed E-state index contributed by atoms with van der Waals surface area (Å²) in [6.07, 6.45) is 92.5. The van der Waals surface area contributed by atoms with E-state index in [1.807, 2.05) is 6.08 Å². The summed E-state index contributed by atoms with van der Waals surface area (Å²) < 4.78 is 5.49. The van der Waals surface area contributed by atoms with Gasteiger partial charge in [-0.3, -0.25) is 9.59 Å². The highest BCUT2D eigenvalue weighted by Crippen LogP contribution is 2.19. The van der Waals surface area contributed by atoms with E-state index in [0.29, 0.717) is 19.4 Å². The molecule has 0 spiro atoms. The molecule has 0 aromatic heterocycles. The van der Waals surface area contributed by atoms with Crippen LogP contribution in [0.5, 0.6) is 0 Å². The van der Waals surface area contributed by atoms with Gasteiger partial charge in [-0.2, -0.15) is 0 Å². The first-order chi connectivity index (χ1) is 40.5. The van der Waals surface area contributed by atoms with Crippen molar-refractivity contribution < 1.29 is 24.5 Å². The van der Waals surface area contributed by atoms with Crippen molar-refractivity contribution >= 4 is 11.9 Å². The van der Waals surface area contributed by atoms with Gasteiger partial charge in [0.1, 0.15) is 0 Å². The molecular formula is C76H145NO5. The van der Waals surface area contributed by atoms with E-state index in [9.17, 15) is 19.8 Å². The highest BCUT2D eigenvalue weighted by molar-refractivity contribution is 5.76. The molecule has 2 atom stereocenters. The Morgan fingerprint density at radius 2 is 0.573 bits per heavy atom. The van der Waals surface area contributed by atoms with Crippen LogP contribution in [-0.2, 0) is 14.3 Å². The van der Waals surface area contributed by atoms with Crippen molar-refractivity contribution in [2.45, 2.75) is 424 Å². The Hall–Kier alpha value is -1.92. The predicted octanol–water partition coefficient (Wildman–Crippen LogP) is 24.3. The highest BCUT2D eigenvalue weighted by atomic mass is 16.5. The molecule has 0 saturated heterocycles. The molecule has 6 nitrogen and oxygen atoms in total. The van der Waals surface area contributed by atoms with Crippen molar-refractivity contribution in [3.63, 3.8) is 0 Å². The van der Waals surface area contributed by atoms with Gasteiger partial charge in [0.25, 0.3) is 0 Å². The molecule has 2 unspecified atom stereocenters. The zero-order valence-corrected chi connectivity index (χ0v) is 55.5. The standard InChI is InChI=1S/C76H145NO5/c1-3-5-7-9-11-13-15-17-19-37-41-44-48-52-56-60-64-68-74(79)73(72-78)77-75(80)69-65-61-57-53-49-45-42-38-35-33-31-29-27-25-23-21-20-22-24-26-28-30-32-34-36-39-43-47-51-55-59-63-67-71-82-76(81)70-66-62-58-54-50-46-40-18-16-14-12-10-8-6-4-2/h18,24,26,40,64,68,73-74,78-79H,3-17,19-23,25,27-39,41-63,65-67,69-72H2,1-2H3,(H,77,80)/b26-24-,40-18-,68-64+. The van der Waals surface area contributed by atoms with Crippen LogP contribution in [0.15, 0.2) is 36.5 Å². The van der Waals surface area contributed by atoms with E-state index < -0.39 is 12.1 Å². The zero-order valence-electron chi connectivity index (χ0n) is 55.5. The van der Waals surface area contributed by atoms with Crippen LogP contribution >= 0.6 is 0 Å². The van der Waals surface area contributed by atoms with Crippen LogP contribution in [0.1, 0.15) is 412 Å². The lowest BCUT2D eigenvalue weighted by Gasteiger charge is -2.20. The monoisotopic (exact) mass is 1150 g/mol. The maximum Gasteiger partial charge on any atom is 0.305 e. The van der Waals surface area contributed by atoms with Crippen LogP contribution in [0.25, 0.3) is 0 Å². The van der Waals surface area contributed by atoms with Gasteiger partial charge in [0.15, 0.2) is 0 Å². The number of aliphatic hydroxyl groups excluding tert-OH is 2. The number of hydrogen-bond donors (Lipinski definition) is 3. The van der Waals surface area contributed by atoms with Crippen molar-refractivity contribution in [3.8, 4) is 0 Å². The molecule has 0 aromatic carbocycles. The first-order valence-electron chi connectivity index (χ1n) is 37.3. The van der Waals surface area contributed by atoms with E-state index >= 15 is 0 Å². The van der Waals surface area contributed by atoms with Gasteiger partial charge >= 0.3 is 5.97 Å². The average Bonchev–Trinajstić information content (AvgIpc) is 3.48. The average molecular weight is 1150 g/mol. The summed E-state index contributed by atoms with van der Waals surface area (Å²) >= 11 is 0. The Kier molecular flexibility index (Phi) is 69.9. The third-order valence-corrected chi connectivity index (χ3v) is 17.4. The summed E-state index contributed by atoms with van der Waals surface area (Å²) in [7, 11) is 0. The smallest absolute Gasteiger partial charge is 0.305 e. The fourth-order valence-corrected chi connectivity index (χ4v) is 11.7. The number of rotatable bonds is 70. The minimum absolute atomic E-state index is 0.0110. The highest BCUT2D eigenvalue weighted by Gasteiger charge is 2.18. The Morgan fingerprint density at radius 3 is 0.866 bits per heavy atom. The van der Waals surface area contributed by atoms with Gasteiger partial charge in [-0.15, -0.1) is 0 Å². The van der Waals surface area contributed by atoms with E-state index in [1.54, 1.807) is 6.08 Å². The van der Waals surface area contributed by atoms with Gasteiger partial charge in [-0.1, -0.05) is 352 Å². The summed E-state index contributed by atoms with van der Waals surface area (Å²) in [5.41, 5.74) is 0. The van der Waals surface area contributed by atoms with Gasteiger partial charge in [0.05, 0.1) is 25.4 Å². The number of ether oxygens (including phenoxy) is 1. The lowest BCUT2D eigenvalue weighted by atomic mass is 10.0. The summed E-state index contributed by atoms with van der Waals surface area (Å²) in [6.45, 7) is 4.93. The SMILES string of the molecule is CCCCCCCC/C=C\CCCCCCCC(=O)OCCCCCCCCCCCCCC/C=C\CCCCCCCCCCCCCCCCCCCC(=O)NC(CO)C(O)/C=C/CCCCCCCCCCCCCCCCC. The van der Waals surface area contributed by atoms with Gasteiger partial charge in [-0.05, 0) is 83.5 Å². The van der Waals surface area contributed by atoms with Gasteiger partial charge in [0, 0.05) is 12.8 Å². The number of aliphatic hydroxyl groups is 2. The van der Waals surface area contributed by atoms with Gasteiger partial charge in [-0.25, -0.2) is 0 Å². The van der Waals surface area contributed by atoms with Gasteiger partial charge in [0.2, 0.25) is 5.91 Å². The summed E-state index contributed by atoms with van der Waals surface area (Å²) in [6, 6.07) is -0.626. The van der Waals surface area contributed by atoms with E-state index in [-0.39, 0.29) is 18.5 Å². The number of carbonyl (C=O) groups is 2. The van der Waals surface area contributed by atoms with Crippen molar-refractivity contribution in [1.29, 1.82) is 0 Å².